The van der Waals surface area contributed by atoms with Crippen molar-refractivity contribution in [1.29, 1.82) is 0 Å². The topological polar surface area (TPSA) is 90.9 Å². The predicted molar refractivity (Wildman–Crippen MR) is 88.3 cm³/mol. The molecule has 0 bridgehead atoms. The summed E-state index contributed by atoms with van der Waals surface area (Å²) in [5.41, 5.74) is 1.35. The zero-order valence-corrected chi connectivity index (χ0v) is 14.3. The Morgan fingerprint density at radius 3 is 2.62 bits per heavy atom. The van der Waals surface area contributed by atoms with Crippen molar-refractivity contribution in [3.8, 4) is 5.69 Å². The van der Waals surface area contributed by atoms with E-state index in [-0.39, 0.29) is 11.6 Å². The van der Waals surface area contributed by atoms with Gasteiger partial charge in [0.15, 0.2) is 15.7 Å². The molecule has 0 spiro atoms. The molecule has 1 aromatic carbocycles. The van der Waals surface area contributed by atoms with E-state index in [2.05, 4.69) is 15.2 Å². The standard InChI is InChI=1S/C16H18N4O3S/c1-3-15-17-16(23-19-15)12(2)24(21,22)11-13-9-10-20(18-13)14-7-5-4-6-8-14/h4-10,12H,3,11H2,1-2H3/t12-/m0/s1. The molecule has 1 atom stereocenters. The van der Waals surface area contributed by atoms with Crippen LogP contribution in [0.2, 0.25) is 0 Å². The zero-order chi connectivity index (χ0) is 17.2. The second-order valence-electron chi connectivity index (χ2n) is 5.44. The van der Waals surface area contributed by atoms with E-state index >= 15 is 0 Å². The van der Waals surface area contributed by atoms with Gasteiger partial charge in [0.2, 0.25) is 5.89 Å². The fraction of sp³-hybridized carbons (Fsp3) is 0.312. The molecule has 3 rings (SSSR count). The maximum atomic E-state index is 12.6. The summed E-state index contributed by atoms with van der Waals surface area (Å²) in [7, 11) is -3.50. The molecule has 3 aromatic rings. The molecule has 8 heteroatoms. The van der Waals surface area contributed by atoms with Gasteiger partial charge in [-0.15, -0.1) is 0 Å². The average Bonchev–Trinajstić information content (AvgIpc) is 3.23. The van der Waals surface area contributed by atoms with E-state index in [0.29, 0.717) is 17.9 Å². The first kappa shape index (κ1) is 16.4. The summed E-state index contributed by atoms with van der Waals surface area (Å²) in [6.45, 7) is 3.43. The average molecular weight is 346 g/mol. The molecule has 0 aliphatic rings. The third-order valence-corrected chi connectivity index (χ3v) is 5.68. The second-order valence-corrected chi connectivity index (χ2v) is 7.76. The quantitative estimate of drug-likeness (QED) is 0.681. The van der Waals surface area contributed by atoms with Crippen molar-refractivity contribution in [2.45, 2.75) is 31.3 Å². The molecule has 7 nitrogen and oxygen atoms in total. The van der Waals surface area contributed by atoms with E-state index in [1.54, 1.807) is 23.9 Å². The Morgan fingerprint density at radius 2 is 1.96 bits per heavy atom. The van der Waals surface area contributed by atoms with Gasteiger partial charge in [0.25, 0.3) is 0 Å². The van der Waals surface area contributed by atoms with Crippen LogP contribution in [-0.4, -0.2) is 28.3 Å². The van der Waals surface area contributed by atoms with Gasteiger partial charge in [-0.25, -0.2) is 13.1 Å². The first-order valence-electron chi connectivity index (χ1n) is 7.63. The van der Waals surface area contributed by atoms with Gasteiger partial charge in [-0.05, 0) is 25.1 Å². The minimum atomic E-state index is -3.50. The molecular weight excluding hydrogens is 328 g/mol. The van der Waals surface area contributed by atoms with Gasteiger partial charge in [-0.1, -0.05) is 30.3 Å². The van der Waals surface area contributed by atoms with E-state index < -0.39 is 15.1 Å². The van der Waals surface area contributed by atoms with Crippen LogP contribution in [0, 0.1) is 0 Å². The van der Waals surface area contributed by atoms with Gasteiger partial charge in [-0.3, -0.25) is 0 Å². The molecule has 2 heterocycles. The van der Waals surface area contributed by atoms with Crippen LogP contribution in [0.1, 0.15) is 36.5 Å². The number of aromatic nitrogens is 4. The first-order chi connectivity index (χ1) is 11.5. The smallest absolute Gasteiger partial charge is 0.244 e. The summed E-state index contributed by atoms with van der Waals surface area (Å²) in [5.74, 6) is 0.437. The third-order valence-electron chi connectivity index (χ3n) is 3.70. The number of rotatable bonds is 6. The van der Waals surface area contributed by atoms with Crippen LogP contribution in [-0.2, 0) is 22.0 Å². The molecule has 0 aliphatic heterocycles. The Bertz CT molecular complexity index is 916. The number of benzene rings is 1. The molecular formula is C16H18N4O3S. The van der Waals surface area contributed by atoms with E-state index in [4.69, 9.17) is 4.52 Å². The molecule has 0 unspecified atom stereocenters. The Balaban J connectivity index is 1.78. The predicted octanol–water partition coefficient (Wildman–Crippen LogP) is 2.49. The van der Waals surface area contributed by atoms with Gasteiger partial charge in [0, 0.05) is 12.6 Å². The Labute approximate surface area is 140 Å². The number of hydrogen-bond donors (Lipinski definition) is 0. The van der Waals surface area contributed by atoms with Gasteiger partial charge in [-0.2, -0.15) is 10.1 Å². The molecule has 0 radical (unpaired) electrons. The highest BCUT2D eigenvalue weighted by Crippen LogP contribution is 2.23. The fourth-order valence-corrected chi connectivity index (χ4v) is 3.44. The van der Waals surface area contributed by atoms with Crippen LogP contribution in [0.25, 0.3) is 5.69 Å². The van der Waals surface area contributed by atoms with Crippen molar-refractivity contribution in [2.24, 2.45) is 0 Å². The highest BCUT2D eigenvalue weighted by molar-refractivity contribution is 7.90. The largest absolute Gasteiger partial charge is 0.338 e. The minimum Gasteiger partial charge on any atom is -0.338 e. The summed E-state index contributed by atoms with van der Waals surface area (Å²) < 4.78 is 31.8. The normalized spacial score (nSPS) is 13.1. The molecule has 0 N–H and O–H groups in total. The van der Waals surface area contributed by atoms with Crippen LogP contribution in [0.3, 0.4) is 0 Å². The number of para-hydroxylation sites is 1. The molecule has 0 saturated heterocycles. The first-order valence-corrected chi connectivity index (χ1v) is 9.35. The second kappa shape index (κ2) is 6.56. The lowest BCUT2D eigenvalue weighted by Gasteiger charge is -2.07. The zero-order valence-electron chi connectivity index (χ0n) is 13.5. The highest BCUT2D eigenvalue weighted by atomic mass is 32.2. The van der Waals surface area contributed by atoms with Crippen molar-refractivity contribution in [2.75, 3.05) is 0 Å². The van der Waals surface area contributed by atoms with E-state index in [1.165, 1.54) is 0 Å². The molecule has 2 aromatic heterocycles. The summed E-state index contributed by atoms with van der Waals surface area (Å²) in [5, 5.41) is 7.22. The van der Waals surface area contributed by atoms with Gasteiger partial charge in [0.05, 0.1) is 17.1 Å². The lowest BCUT2D eigenvalue weighted by molar-refractivity contribution is 0.371. The molecule has 0 saturated carbocycles. The summed E-state index contributed by atoms with van der Waals surface area (Å²) in [6, 6.07) is 11.2. The summed E-state index contributed by atoms with van der Waals surface area (Å²) in [6.07, 6.45) is 2.34. The maximum absolute atomic E-state index is 12.6. The highest BCUT2D eigenvalue weighted by Gasteiger charge is 2.29. The third kappa shape index (κ3) is 3.38. The Morgan fingerprint density at radius 1 is 1.21 bits per heavy atom. The SMILES string of the molecule is CCc1noc([C@H](C)S(=O)(=O)Cc2ccn(-c3ccccc3)n2)n1. The Kier molecular flexibility index (Phi) is 4.48. The lowest BCUT2D eigenvalue weighted by Crippen LogP contribution is -2.14. The molecule has 24 heavy (non-hydrogen) atoms. The van der Waals surface area contributed by atoms with Crippen LogP contribution in [0.15, 0.2) is 47.1 Å². The number of sulfone groups is 1. The van der Waals surface area contributed by atoms with Crippen LogP contribution in [0.5, 0.6) is 0 Å². The fourth-order valence-electron chi connectivity index (χ4n) is 2.22. The van der Waals surface area contributed by atoms with E-state index in [0.717, 1.165) is 5.69 Å². The Hall–Kier alpha value is -2.48. The summed E-state index contributed by atoms with van der Waals surface area (Å²) in [4.78, 5) is 4.11. The van der Waals surface area contributed by atoms with Crippen molar-refractivity contribution in [3.63, 3.8) is 0 Å². The van der Waals surface area contributed by atoms with Crippen LogP contribution in [0.4, 0.5) is 0 Å². The van der Waals surface area contributed by atoms with Crippen molar-refractivity contribution < 1.29 is 12.9 Å². The van der Waals surface area contributed by atoms with E-state index in [1.807, 2.05) is 37.3 Å². The lowest BCUT2D eigenvalue weighted by atomic mass is 10.3. The number of aryl methyl sites for hydroxylation is 1. The van der Waals surface area contributed by atoms with Gasteiger partial charge < -0.3 is 4.52 Å². The van der Waals surface area contributed by atoms with E-state index in [9.17, 15) is 8.42 Å². The van der Waals surface area contributed by atoms with Gasteiger partial charge in [0.1, 0.15) is 5.25 Å². The molecule has 126 valence electrons. The van der Waals surface area contributed by atoms with Crippen molar-refractivity contribution in [3.05, 3.63) is 60.0 Å². The van der Waals surface area contributed by atoms with Crippen molar-refractivity contribution >= 4 is 9.84 Å². The summed E-state index contributed by atoms with van der Waals surface area (Å²) >= 11 is 0. The maximum Gasteiger partial charge on any atom is 0.244 e. The number of hydrogen-bond acceptors (Lipinski definition) is 6. The minimum absolute atomic E-state index is 0.120. The van der Waals surface area contributed by atoms with Gasteiger partial charge >= 0.3 is 0 Å². The van der Waals surface area contributed by atoms with Crippen molar-refractivity contribution in [1.82, 2.24) is 19.9 Å². The molecule has 0 aliphatic carbocycles. The van der Waals surface area contributed by atoms with Crippen LogP contribution >= 0.6 is 0 Å². The molecule has 0 amide bonds. The molecule has 0 fully saturated rings. The van der Waals surface area contributed by atoms with Crippen LogP contribution < -0.4 is 0 Å². The monoisotopic (exact) mass is 346 g/mol. The number of nitrogens with zero attached hydrogens (tertiary/aromatic N) is 4.